The van der Waals surface area contributed by atoms with E-state index in [9.17, 15) is 0 Å². The Hall–Kier alpha value is -1.97. The molecule has 4 nitrogen and oxygen atoms in total. The first-order valence-corrected chi connectivity index (χ1v) is 6.74. The SMILES string of the molecule is CN=C1N=CC(=C(NC)C(C)=C(C)C)CC=C1C(C)=N. The fourth-order valence-electron chi connectivity index (χ4n) is 2.07. The number of allylic oxidation sites excluding steroid dienone is 4. The average molecular weight is 272 g/mol. The topological polar surface area (TPSA) is 60.6 Å². The van der Waals surface area contributed by atoms with Crippen molar-refractivity contribution >= 4 is 17.8 Å². The molecule has 0 aromatic carbocycles. The summed E-state index contributed by atoms with van der Waals surface area (Å²) in [6.07, 6.45) is 4.63. The lowest BCUT2D eigenvalue weighted by molar-refractivity contribution is 0.961. The predicted octanol–water partition coefficient (Wildman–Crippen LogP) is 3.29. The van der Waals surface area contributed by atoms with E-state index < -0.39 is 0 Å². The van der Waals surface area contributed by atoms with E-state index in [0.717, 1.165) is 23.3 Å². The van der Waals surface area contributed by atoms with E-state index in [1.165, 1.54) is 11.1 Å². The van der Waals surface area contributed by atoms with Crippen molar-refractivity contribution in [2.75, 3.05) is 14.1 Å². The van der Waals surface area contributed by atoms with E-state index in [1.807, 2.05) is 19.3 Å². The van der Waals surface area contributed by atoms with E-state index in [0.29, 0.717) is 11.5 Å². The van der Waals surface area contributed by atoms with E-state index in [-0.39, 0.29) is 0 Å². The maximum absolute atomic E-state index is 7.83. The number of nitrogens with one attached hydrogen (secondary N) is 2. The summed E-state index contributed by atoms with van der Waals surface area (Å²) >= 11 is 0. The number of aliphatic imine (C=N–C) groups is 2. The molecule has 108 valence electrons. The van der Waals surface area contributed by atoms with Gasteiger partial charge in [-0.15, -0.1) is 0 Å². The Labute approximate surface area is 121 Å². The number of rotatable bonds is 3. The molecule has 1 rings (SSSR count). The standard InChI is InChI=1S/C16H24N4/c1-10(2)11(3)15(18-5)13-7-8-14(12(4)17)16(19-6)20-9-13/h8-9,17-18H,7H2,1-6H3. The molecule has 4 heteroatoms. The van der Waals surface area contributed by atoms with Gasteiger partial charge in [-0.05, 0) is 45.3 Å². The van der Waals surface area contributed by atoms with Crippen molar-refractivity contribution in [3.8, 4) is 0 Å². The Bertz CT molecular complexity index is 553. The number of amidine groups is 1. The first-order chi connectivity index (χ1) is 9.42. The molecule has 0 fully saturated rings. The molecule has 20 heavy (non-hydrogen) atoms. The first-order valence-electron chi connectivity index (χ1n) is 6.74. The van der Waals surface area contributed by atoms with Crippen LogP contribution in [0.1, 0.15) is 34.1 Å². The van der Waals surface area contributed by atoms with Crippen LogP contribution in [-0.2, 0) is 0 Å². The summed E-state index contributed by atoms with van der Waals surface area (Å²) < 4.78 is 0. The Morgan fingerprint density at radius 3 is 2.40 bits per heavy atom. The van der Waals surface area contributed by atoms with Gasteiger partial charge in [-0.1, -0.05) is 11.6 Å². The van der Waals surface area contributed by atoms with Gasteiger partial charge in [0.1, 0.15) is 0 Å². The van der Waals surface area contributed by atoms with Gasteiger partial charge in [0, 0.05) is 37.3 Å². The highest BCUT2D eigenvalue weighted by Gasteiger charge is 2.14. The molecule has 0 bridgehead atoms. The third kappa shape index (κ3) is 3.53. The summed E-state index contributed by atoms with van der Waals surface area (Å²) in [6.45, 7) is 8.07. The number of hydrogen-bond donors (Lipinski definition) is 2. The molecule has 0 radical (unpaired) electrons. The molecule has 0 spiro atoms. The summed E-state index contributed by atoms with van der Waals surface area (Å²) in [5, 5.41) is 11.1. The minimum Gasteiger partial charge on any atom is -0.388 e. The smallest absolute Gasteiger partial charge is 0.155 e. The lowest BCUT2D eigenvalue weighted by Gasteiger charge is -2.13. The van der Waals surface area contributed by atoms with Crippen LogP contribution in [0.5, 0.6) is 0 Å². The van der Waals surface area contributed by atoms with Gasteiger partial charge in [-0.2, -0.15) is 0 Å². The van der Waals surface area contributed by atoms with Crippen LogP contribution in [0, 0.1) is 5.41 Å². The van der Waals surface area contributed by atoms with Crippen LogP contribution in [0.2, 0.25) is 0 Å². The van der Waals surface area contributed by atoms with Gasteiger partial charge in [0.15, 0.2) is 5.84 Å². The molecule has 0 amide bonds. The molecule has 0 atom stereocenters. The molecular weight excluding hydrogens is 248 g/mol. The van der Waals surface area contributed by atoms with Crippen molar-refractivity contribution in [3.05, 3.63) is 34.1 Å². The normalized spacial score (nSPS) is 19.3. The van der Waals surface area contributed by atoms with E-state index >= 15 is 0 Å². The number of hydrogen-bond acceptors (Lipinski definition) is 3. The number of nitrogens with zero attached hydrogens (tertiary/aromatic N) is 2. The van der Waals surface area contributed by atoms with Gasteiger partial charge in [-0.25, -0.2) is 4.99 Å². The zero-order valence-corrected chi connectivity index (χ0v) is 13.3. The summed E-state index contributed by atoms with van der Waals surface area (Å²) in [5.41, 5.74) is 6.02. The van der Waals surface area contributed by atoms with E-state index in [4.69, 9.17) is 5.41 Å². The monoisotopic (exact) mass is 272 g/mol. The second-order valence-electron chi connectivity index (χ2n) is 5.03. The lowest BCUT2D eigenvalue weighted by atomic mass is 10.0. The maximum atomic E-state index is 7.83. The highest BCUT2D eigenvalue weighted by atomic mass is 14.9. The molecule has 1 heterocycles. The predicted molar refractivity (Wildman–Crippen MR) is 88.1 cm³/mol. The average Bonchev–Trinajstić information content (AvgIpc) is 2.61. The van der Waals surface area contributed by atoms with Gasteiger partial charge in [0.05, 0.1) is 0 Å². The van der Waals surface area contributed by atoms with Crippen molar-refractivity contribution in [1.29, 1.82) is 5.41 Å². The van der Waals surface area contributed by atoms with Crippen LogP contribution in [0.3, 0.4) is 0 Å². The van der Waals surface area contributed by atoms with Crippen LogP contribution >= 0.6 is 0 Å². The molecule has 1 aliphatic rings. The van der Waals surface area contributed by atoms with E-state index in [1.54, 1.807) is 14.0 Å². The number of likely N-dealkylation sites (N-methyl/N-ethyl adjacent to an activating group) is 1. The second kappa shape index (κ2) is 6.98. The highest BCUT2D eigenvalue weighted by molar-refractivity contribution is 6.24. The van der Waals surface area contributed by atoms with Crippen molar-refractivity contribution in [3.63, 3.8) is 0 Å². The van der Waals surface area contributed by atoms with Crippen molar-refractivity contribution in [2.24, 2.45) is 9.98 Å². The fourth-order valence-corrected chi connectivity index (χ4v) is 2.07. The zero-order chi connectivity index (χ0) is 15.3. The third-order valence-corrected chi connectivity index (χ3v) is 3.42. The summed E-state index contributed by atoms with van der Waals surface area (Å²) in [5.74, 6) is 0.623. The van der Waals surface area contributed by atoms with Gasteiger partial charge in [0.2, 0.25) is 0 Å². The lowest BCUT2D eigenvalue weighted by Crippen LogP contribution is -2.12. The minimum absolute atomic E-state index is 0.494. The zero-order valence-electron chi connectivity index (χ0n) is 13.3. The Balaban J connectivity index is 3.38. The van der Waals surface area contributed by atoms with Crippen LogP contribution in [0.4, 0.5) is 0 Å². The van der Waals surface area contributed by atoms with Gasteiger partial charge >= 0.3 is 0 Å². The molecule has 1 aliphatic heterocycles. The van der Waals surface area contributed by atoms with Crippen molar-refractivity contribution in [1.82, 2.24) is 5.32 Å². The summed E-state index contributed by atoms with van der Waals surface area (Å²) in [7, 11) is 3.63. The van der Waals surface area contributed by atoms with E-state index in [2.05, 4.69) is 36.1 Å². The maximum Gasteiger partial charge on any atom is 0.155 e. The quantitative estimate of drug-likeness (QED) is 0.761. The third-order valence-electron chi connectivity index (χ3n) is 3.42. The Kier molecular flexibility index (Phi) is 5.62. The summed E-state index contributed by atoms with van der Waals surface area (Å²) in [6, 6.07) is 0. The molecule has 0 aromatic rings. The Morgan fingerprint density at radius 1 is 1.30 bits per heavy atom. The molecule has 0 aromatic heterocycles. The van der Waals surface area contributed by atoms with Gasteiger partial charge in [-0.3, -0.25) is 4.99 Å². The molecule has 0 saturated carbocycles. The summed E-state index contributed by atoms with van der Waals surface area (Å²) in [4.78, 5) is 8.60. The molecule has 2 N–H and O–H groups in total. The van der Waals surface area contributed by atoms with Crippen LogP contribution in [0.25, 0.3) is 0 Å². The molecular formula is C16H24N4. The van der Waals surface area contributed by atoms with Crippen molar-refractivity contribution in [2.45, 2.75) is 34.1 Å². The van der Waals surface area contributed by atoms with Gasteiger partial charge < -0.3 is 10.7 Å². The Morgan fingerprint density at radius 2 is 1.95 bits per heavy atom. The largest absolute Gasteiger partial charge is 0.388 e. The van der Waals surface area contributed by atoms with Crippen LogP contribution in [-0.4, -0.2) is 31.9 Å². The molecule has 0 unspecified atom stereocenters. The highest BCUT2D eigenvalue weighted by Crippen LogP contribution is 2.20. The van der Waals surface area contributed by atoms with Gasteiger partial charge in [0.25, 0.3) is 0 Å². The second-order valence-corrected chi connectivity index (χ2v) is 5.03. The molecule has 0 saturated heterocycles. The van der Waals surface area contributed by atoms with Crippen molar-refractivity contribution < 1.29 is 0 Å². The molecule has 0 aliphatic carbocycles. The first kappa shape index (κ1) is 16.1. The van der Waals surface area contributed by atoms with Crippen LogP contribution in [0.15, 0.2) is 44.1 Å². The fraction of sp³-hybridized carbons (Fsp3) is 0.438. The minimum atomic E-state index is 0.494. The van der Waals surface area contributed by atoms with Crippen LogP contribution < -0.4 is 5.32 Å².